The van der Waals surface area contributed by atoms with Crippen LogP contribution in [0.25, 0.3) is 11.3 Å². The van der Waals surface area contributed by atoms with Gasteiger partial charge < -0.3 is 0 Å². The van der Waals surface area contributed by atoms with Gasteiger partial charge in [-0.05, 0) is 37.5 Å². The van der Waals surface area contributed by atoms with Crippen LogP contribution in [0.1, 0.15) is 57.2 Å². The SMILES string of the molecule is CCC1(C)c2cc(F)c(C(F)(F)F)c(F)c2-c2cc(C)cc[n+]2C1(C)CC. The monoisotopic (exact) mass is 384 g/mol. The summed E-state index contributed by atoms with van der Waals surface area (Å²) in [5, 5.41) is 0. The third-order valence-corrected chi connectivity index (χ3v) is 6.58. The van der Waals surface area contributed by atoms with Gasteiger partial charge in [-0.2, -0.15) is 17.7 Å². The first kappa shape index (κ1) is 19.8. The summed E-state index contributed by atoms with van der Waals surface area (Å²) >= 11 is 0. The fourth-order valence-corrected chi connectivity index (χ4v) is 4.48. The van der Waals surface area contributed by atoms with E-state index in [0.29, 0.717) is 24.1 Å². The first-order valence-electron chi connectivity index (χ1n) is 9.05. The van der Waals surface area contributed by atoms with Gasteiger partial charge in [0.1, 0.15) is 11.4 Å². The van der Waals surface area contributed by atoms with Crippen molar-refractivity contribution in [2.45, 2.75) is 64.6 Å². The Kier molecular flexibility index (Phi) is 4.40. The van der Waals surface area contributed by atoms with Gasteiger partial charge in [-0.15, -0.1) is 0 Å². The van der Waals surface area contributed by atoms with Crippen LogP contribution in [0.15, 0.2) is 24.4 Å². The number of hydrogen-bond donors (Lipinski definition) is 0. The summed E-state index contributed by atoms with van der Waals surface area (Å²) in [5.41, 5.74) is -1.82. The summed E-state index contributed by atoms with van der Waals surface area (Å²) in [6.07, 6.45) is -2.14. The molecule has 0 radical (unpaired) electrons. The Hall–Kier alpha value is -1.98. The first-order chi connectivity index (χ1) is 12.4. The van der Waals surface area contributed by atoms with Crippen molar-refractivity contribution in [1.29, 1.82) is 0 Å². The summed E-state index contributed by atoms with van der Waals surface area (Å²) in [6.45, 7) is 9.53. The van der Waals surface area contributed by atoms with E-state index >= 15 is 4.39 Å². The maximum atomic E-state index is 15.2. The van der Waals surface area contributed by atoms with E-state index < -0.39 is 34.3 Å². The Balaban J connectivity index is 2.54. The van der Waals surface area contributed by atoms with Gasteiger partial charge in [0.05, 0.1) is 11.0 Å². The van der Waals surface area contributed by atoms with Crippen LogP contribution in [-0.2, 0) is 17.1 Å². The molecule has 0 fully saturated rings. The molecule has 0 bridgehead atoms. The predicted molar refractivity (Wildman–Crippen MR) is 93.3 cm³/mol. The highest BCUT2D eigenvalue weighted by Crippen LogP contribution is 2.52. The van der Waals surface area contributed by atoms with Gasteiger partial charge in [0.2, 0.25) is 5.69 Å². The van der Waals surface area contributed by atoms with Crippen molar-refractivity contribution in [3.05, 3.63) is 52.7 Å². The van der Waals surface area contributed by atoms with Crippen LogP contribution in [0.3, 0.4) is 0 Å². The molecule has 6 heteroatoms. The number of alkyl halides is 3. The Bertz CT molecular complexity index is 918. The van der Waals surface area contributed by atoms with Crippen molar-refractivity contribution < 1.29 is 26.5 Å². The molecule has 0 saturated carbocycles. The van der Waals surface area contributed by atoms with Crippen LogP contribution < -0.4 is 4.57 Å². The van der Waals surface area contributed by atoms with Gasteiger partial charge in [-0.1, -0.05) is 13.8 Å². The molecule has 1 aliphatic heterocycles. The average molecular weight is 384 g/mol. The molecule has 2 aromatic rings. The normalized spacial score (nSPS) is 24.5. The van der Waals surface area contributed by atoms with Gasteiger partial charge >= 0.3 is 6.18 Å². The molecule has 2 heterocycles. The number of fused-ring (bicyclic) bond motifs is 3. The molecule has 27 heavy (non-hydrogen) atoms. The smallest absolute Gasteiger partial charge is 0.206 e. The molecular weight excluding hydrogens is 361 g/mol. The van der Waals surface area contributed by atoms with Crippen LogP contribution in [-0.4, -0.2) is 0 Å². The number of nitrogens with zero attached hydrogens (tertiary/aromatic N) is 1. The largest absolute Gasteiger partial charge is 0.422 e. The third-order valence-electron chi connectivity index (χ3n) is 6.58. The Morgan fingerprint density at radius 3 is 2.19 bits per heavy atom. The molecule has 2 atom stereocenters. The minimum Gasteiger partial charge on any atom is -0.206 e. The lowest BCUT2D eigenvalue weighted by molar-refractivity contribution is -0.765. The van der Waals surface area contributed by atoms with Crippen molar-refractivity contribution in [2.24, 2.45) is 0 Å². The highest BCUT2D eigenvalue weighted by Gasteiger charge is 2.58. The van der Waals surface area contributed by atoms with E-state index in [4.69, 9.17) is 0 Å². The van der Waals surface area contributed by atoms with Crippen LogP contribution in [0.4, 0.5) is 22.0 Å². The molecule has 1 aliphatic rings. The number of aromatic nitrogens is 1. The molecular formula is C21H23F5N+. The second-order valence-corrected chi connectivity index (χ2v) is 7.74. The second kappa shape index (κ2) is 6.01. The molecule has 1 nitrogen and oxygen atoms in total. The van der Waals surface area contributed by atoms with Gasteiger partial charge in [0.15, 0.2) is 17.6 Å². The van der Waals surface area contributed by atoms with E-state index in [-0.39, 0.29) is 5.56 Å². The highest BCUT2D eigenvalue weighted by atomic mass is 19.4. The van der Waals surface area contributed by atoms with E-state index in [1.807, 2.05) is 38.3 Å². The second-order valence-electron chi connectivity index (χ2n) is 7.74. The van der Waals surface area contributed by atoms with Gasteiger partial charge in [0.25, 0.3) is 0 Å². The molecule has 1 aromatic carbocycles. The van der Waals surface area contributed by atoms with Crippen molar-refractivity contribution in [2.75, 3.05) is 0 Å². The third kappa shape index (κ3) is 2.52. The highest BCUT2D eigenvalue weighted by molar-refractivity contribution is 5.68. The van der Waals surface area contributed by atoms with Gasteiger partial charge in [-0.25, -0.2) is 8.78 Å². The lowest BCUT2D eigenvalue weighted by Gasteiger charge is -2.46. The van der Waals surface area contributed by atoms with Crippen molar-refractivity contribution >= 4 is 0 Å². The first-order valence-corrected chi connectivity index (χ1v) is 9.05. The van der Waals surface area contributed by atoms with E-state index in [0.717, 1.165) is 11.6 Å². The van der Waals surface area contributed by atoms with E-state index in [1.165, 1.54) is 0 Å². The summed E-state index contributed by atoms with van der Waals surface area (Å²) in [5.74, 6) is -3.09. The molecule has 3 rings (SSSR count). The van der Waals surface area contributed by atoms with Crippen LogP contribution in [0.2, 0.25) is 0 Å². The van der Waals surface area contributed by atoms with Gasteiger partial charge in [-0.3, -0.25) is 0 Å². The molecule has 0 N–H and O–H groups in total. The van der Waals surface area contributed by atoms with Crippen LogP contribution >= 0.6 is 0 Å². The van der Waals surface area contributed by atoms with E-state index in [1.54, 1.807) is 19.2 Å². The summed E-state index contributed by atoms with van der Waals surface area (Å²) < 4.78 is 71.5. The minimum atomic E-state index is -5.11. The van der Waals surface area contributed by atoms with Crippen molar-refractivity contribution in [3.63, 3.8) is 0 Å². The summed E-state index contributed by atoms with van der Waals surface area (Å²) in [7, 11) is 0. The number of pyridine rings is 1. The van der Waals surface area contributed by atoms with Gasteiger partial charge in [0, 0.05) is 25.5 Å². The lowest BCUT2D eigenvalue weighted by atomic mass is 9.60. The van der Waals surface area contributed by atoms with Crippen LogP contribution in [0.5, 0.6) is 0 Å². The zero-order valence-electron chi connectivity index (χ0n) is 16.1. The molecule has 1 aromatic heterocycles. The molecule has 0 saturated heterocycles. The topological polar surface area (TPSA) is 3.88 Å². The number of rotatable bonds is 2. The van der Waals surface area contributed by atoms with Crippen molar-refractivity contribution in [3.8, 4) is 11.3 Å². The van der Waals surface area contributed by atoms with E-state index in [9.17, 15) is 17.6 Å². The minimum absolute atomic E-state index is 0.150. The predicted octanol–water partition coefficient (Wildman–Crippen LogP) is 6.05. The molecule has 0 amide bonds. The summed E-state index contributed by atoms with van der Waals surface area (Å²) in [6, 6.07) is 4.41. The fourth-order valence-electron chi connectivity index (χ4n) is 4.48. The number of halogens is 5. The quantitative estimate of drug-likeness (QED) is 0.438. The molecule has 0 aliphatic carbocycles. The molecule has 0 spiro atoms. The Labute approximate surface area is 155 Å². The molecule has 146 valence electrons. The number of benzene rings is 1. The number of hydrogen-bond acceptors (Lipinski definition) is 0. The van der Waals surface area contributed by atoms with E-state index in [2.05, 4.69) is 0 Å². The standard InChI is InChI=1S/C21H23F5N/c1-6-19(4)13-11-14(22)17(21(24,25)26)18(23)16(13)15-10-12(3)8-9-27(15)20(19,5)7-2/h8-11H,6-7H2,1-5H3/q+1. The zero-order valence-corrected chi connectivity index (χ0v) is 16.1. The number of aryl methyl sites for hydroxylation is 1. The average Bonchev–Trinajstić information content (AvgIpc) is 2.57. The van der Waals surface area contributed by atoms with Crippen molar-refractivity contribution in [1.82, 2.24) is 0 Å². The maximum Gasteiger partial charge on any atom is 0.422 e. The summed E-state index contributed by atoms with van der Waals surface area (Å²) in [4.78, 5) is 0. The Morgan fingerprint density at radius 1 is 1.04 bits per heavy atom. The maximum absolute atomic E-state index is 15.2. The Morgan fingerprint density at radius 2 is 1.67 bits per heavy atom. The zero-order chi connectivity index (χ0) is 20.4. The molecule has 2 unspecified atom stereocenters. The lowest BCUT2D eigenvalue weighted by Crippen LogP contribution is -2.67. The van der Waals surface area contributed by atoms with Crippen LogP contribution in [0, 0.1) is 18.6 Å². The fraction of sp³-hybridized carbons (Fsp3) is 0.476.